The van der Waals surface area contributed by atoms with Gasteiger partial charge in [0.2, 0.25) is 0 Å². The molecule has 0 aliphatic carbocycles. The number of hydrogen-bond acceptors (Lipinski definition) is 4. The molecule has 49 heavy (non-hydrogen) atoms. The Hall–Kier alpha value is -4.96. The third kappa shape index (κ3) is 9.14. The monoisotopic (exact) mass is 644 g/mol. The summed E-state index contributed by atoms with van der Waals surface area (Å²) in [6.45, 7) is 8.64. The molecule has 2 heterocycles. The number of aromatic nitrogens is 4. The average molecular weight is 645 g/mol. The highest BCUT2D eigenvalue weighted by Gasteiger charge is 2.13. The molecule has 4 heteroatoms. The molecule has 0 amide bonds. The van der Waals surface area contributed by atoms with Crippen molar-refractivity contribution in [1.29, 1.82) is 0 Å². The molecule has 0 saturated heterocycles. The SMILES string of the molecule is CCCCCCCCCCc1cnc(-c2cc(-c3cccc(-c4ccc(C)cc4)c3)cc(-c3nccc(-c4cc(C)cc(C)c4)n3)c2)nc1. The van der Waals surface area contributed by atoms with E-state index >= 15 is 0 Å². The molecule has 0 spiro atoms. The van der Waals surface area contributed by atoms with E-state index in [9.17, 15) is 0 Å². The summed E-state index contributed by atoms with van der Waals surface area (Å²) >= 11 is 0. The maximum absolute atomic E-state index is 5.07. The summed E-state index contributed by atoms with van der Waals surface area (Å²) in [5.74, 6) is 1.39. The number of nitrogens with zero attached hydrogens (tertiary/aromatic N) is 4. The lowest BCUT2D eigenvalue weighted by atomic mass is 9.95. The second-order valence-electron chi connectivity index (χ2n) is 13.5. The Morgan fingerprint density at radius 2 is 1.04 bits per heavy atom. The van der Waals surface area contributed by atoms with Crippen molar-refractivity contribution in [3.05, 3.63) is 132 Å². The van der Waals surface area contributed by atoms with Crippen LogP contribution in [0, 0.1) is 20.8 Å². The first kappa shape index (κ1) is 33.9. The van der Waals surface area contributed by atoms with Crippen LogP contribution in [0.4, 0.5) is 0 Å². The van der Waals surface area contributed by atoms with Crippen molar-refractivity contribution in [2.45, 2.75) is 85.5 Å². The molecule has 6 rings (SSSR count). The molecule has 4 nitrogen and oxygen atoms in total. The van der Waals surface area contributed by atoms with Crippen molar-refractivity contribution in [2.75, 3.05) is 0 Å². The van der Waals surface area contributed by atoms with Gasteiger partial charge in [0.15, 0.2) is 11.6 Å². The van der Waals surface area contributed by atoms with Gasteiger partial charge in [0, 0.05) is 35.3 Å². The molecule has 248 valence electrons. The van der Waals surface area contributed by atoms with E-state index in [1.54, 1.807) is 0 Å². The van der Waals surface area contributed by atoms with Crippen molar-refractivity contribution in [3.8, 4) is 56.3 Å². The molecule has 0 aliphatic rings. The number of aryl methyl sites for hydroxylation is 4. The summed E-state index contributed by atoms with van der Waals surface area (Å²) in [6, 6.07) is 32.5. The Morgan fingerprint density at radius 1 is 0.449 bits per heavy atom. The van der Waals surface area contributed by atoms with Crippen LogP contribution in [0.5, 0.6) is 0 Å². The Bertz CT molecular complexity index is 1960. The first-order chi connectivity index (χ1) is 23.9. The van der Waals surface area contributed by atoms with E-state index in [4.69, 9.17) is 19.9 Å². The van der Waals surface area contributed by atoms with Gasteiger partial charge < -0.3 is 0 Å². The standard InChI is InChI=1S/C45H48N4/c1-5-6-7-8-9-10-11-12-14-35-30-47-44(48-31-35)41-27-39(38-16-13-15-37(26-38)36-19-17-32(2)18-20-36)28-42(29-41)45-46-22-21-43(49-45)40-24-33(3)23-34(4)25-40/h13,15-31H,5-12,14H2,1-4H3. The molecule has 0 bridgehead atoms. The molecule has 0 unspecified atom stereocenters. The van der Waals surface area contributed by atoms with Gasteiger partial charge in [0.25, 0.3) is 0 Å². The van der Waals surface area contributed by atoms with Gasteiger partial charge in [0.05, 0.1) is 5.69 Å². The average Bonchev–Trinajstić information content (AvgIpc) is 3.13. The zero-order valence-electron chi connectivity index (χ0n) is 29.5. The Balaban J connectivity index is 1.31. The fourth-order valence-corrected chi connectivity index (χ4v) is 6.55. The van der Waals surface area contributed by atoms with Crippen LogP contribution in [0.2, 0.25) is 0 Å². The lowest BCUT2D eigenvalue weighted by Crippen LogP contribution is -1.96. The van der Waals surface area contributed by atoms with Crippen LogP contribution in [-0.2, 0) is 6.42 Å². The second kappa shape index (κ2) is 16.4. The predicted molar refractivity (Wildman–Crippen MR) is 205 cm³/mol. The van der Waals surface area contributed by atoms with E-state index in [1.807, 2.05) is 24.7 Å². The molecular weight excluding hydrogens is 597 g/mol. The zero-order chi connectivity index (χ0) is 34.0. The van der Waals surface area contributed by atoms with Crippen molar-refractivity contribution >= 4 is 0 Å². The molecular formula is C45H48N4. The van der Waals surface area contributed by atoms with E-state index in [0.29, 0.717) is 11.6 Å². The van der Waals surface area contributed by atoms with E-state index in [-0.39, 0.29) is 0 Å². The summed E-state index contributed by atoms with van der Waals surface area (Å²) in [5.41, 5.74) is 13.4. The minimum Gasteiger partial charge on any atom is -0.237 e. The van der Waals surface area contributed by atoms with Crippen molar-refractivity contribution in [3.63, 3.8) is 0 Å². The Labute approximate surface area is 292 Å². The largest absolute Gasteiger partial charge is 0.237 e. The summed E-state index contributed by atoms with van der Waals surface area (Å²) in [4.78, 5) is 19.6. The van der Waals surface area contributed by atoms with Crippen molar-refractivity contribution in [2.24, 2.45) is 0 Å². The summed E-state index contributed by atoms with van der Waals surface area (Å²) in [7, 11) is 0. The minimum absolute atomic E-state index is 0.681. The summed E-state index contributed by atoms with van der Waals surface area (Å²) in [5, 5.41) is 0. The molecule has 4 aromatic carbocycles. The molecule has 6 aromatic rings. The van der Waals surface area contributed by atoms with Crippen molar-refractivity contribution in [1.82, 2.24) is 19.9 Å². The van der Waals surface area contributed by atoms with Crippen LogP contribution >= 0.6 is 0 Å². The number of benzene rings is 4. The summed E-state index contributed by atoms with van der Waals surface area (Å²) < 4.78 is 0. The highest BCUT2D eigenvalue weighted by molar-refractivity contribution is 5.80. The predicted octanol–water partition coefficient (Wildman–Crippen LogP) is 12.2. The maximum Gasteiger partial charge on any atom is 0.159 e. The van der Waals surface area contributed by atoms with E-state index in [2.05, 4.69) is 113 Å². The normalized spacial score (nSPS) is 11.2. The van der Waals surface area contributed by atoms with Crippen LogP contribution in [0.3, 0.4) is 0 Å². The lowest BCUT2D eigenvalue weighted by molar-refractivity contribution is 0.575. The molecule has 2 aromatic heterocycles. The first-order valence-electron chi connectivity index (χ1n) is 18.0. The van der Waals surface area contributed by atoms with Gasteiger partial charge in [-0.15, -0.1) is 0 Å². The second-order valence-corrected chi connectivity index (χ2v) is 13.5. The number of rotatable bonds is 14. The molecule has 0 fully saturated rings. The van der Waals surface area contributed by atoms with E-state index in [1.165, 1.54) is 84.7 Å². The fraction of sp³-hybridized carbons (Fsp3) is 0.289. The van der Waals surface area contributed by atoms with Crippen LogP contribution in [-0.4, -0.2) is 19.9 Å². The quantitative estimate of drug-likeness (QED) is 0.111. The van der Waals surface area contributed by atoms with Gasteiger partial charge in [-0.05, 0) is 104 Å². The van der Waals surface area contributed by atoms with E-state index < -0.39 is 0 Å². The minimum atomic E-state index is 0.681. The highest BCUT2D eigenvalue weighted by atomic mass is 14.9. The Morgan fingerprint density at radius 3 is 1.73 bits per heavy atom. The number of unbranched alkanes of at least 4 members (excludes halogenated alkanes) is 7. The van der Waals surface area contributed by atoms with Gasteiger partial charge in [-0.3, -0.25) is 0 Å². The highest BCUT2D eigenvalue weighted by Crippen LogP contribution is 2.33. The van der Waals surface area contributed by atoms with Crippen LogP contribution < -0.4 is 0 Å². The number of hydrogen-bond donors (Lipinski definition) is 0. The smallest absolute Gasteiger partial charge is 0.159 e. The maximum atomic E-state index is 5.07. The van der Waals surface area contributed by atoms with Gasteiger partial charge in [-0.25, -0.2) is 19.9 Å². The van der Waals surface area contributed by atoms with E-state index in [0.717, 1.165) is 39.9 Å². The molecule has 0 radical (unpaired) electrons. The molecule has 0 N–H and O–H groups in total. The van der Waals surface area contributed by atoms with Crippen LogP contribution in [0.15, 0.2) is 110 Å². The summed E-state index contributed by atoms with van der Waals surface area (Å²) in [6.07, 6.45) is 17.4. The third-order valence-electron chi connectivity index (χ3n) is 9.23. The van der Waals surface area contributed by atoms with Gasteiger partial charge in [-0.2, -0.15) is 0 Å². The zero-order valence-corrected chi connectivity index (χ0v) is 29.5. The lowest BCUT2D eigenvalue weighted by Gasteiger charge is -2.12. The van der Waals surface area contributed by atoms with Gasteiger partial charge >= 0.3 is 0 Å². The topological polar surface area (TPSA) is 51.6 Å². The van der Waals surface area contributed by atoms with Crippen LogP contribution in [0.25, 0.3) is 56.3 Å². The van der Waals surface area contributed by atoms with Gasteiger partial charge in [-0.1, -0.05) is 117 Å². The van der Waals surface area contributed by atoms with Gasteiger partial charge in [0.1, 0.15) is 0 Å². The Kier molecular flexibility index (Phi) is 11.4. The molecule has 0 atom stereocenters. The fourth-order valence-electron chi connectivity index (χ4n) is 6.55. The third-order valence-corrected chi connectivity index (χ3v) is 9.23. The van der Waals surface area contributed by atoms with Crippen LogP contribution in [0.1, 0.15) is 80.5 Å². The first-order valence-corrected chi connectivity index (χ1v) is 18.0. The van der Waals surface area contributed by atoms with Crippen molar-refractivity contribution < 1.29 is 0 Å². The molecule has 0 saturated carbocycles. The molecule has 0 aliphatic heterocycles.